The lowest BCUT2D eigenvalue weighted by molar-refractivity contribution is 0.339. The molecule has 1 aliphatic rings. The number of nitrogens with zero attached hydrogens (tertiary/aromatic N) is 2. The van der Waals surface area contributed by atoms with Crippen LogP contribution in [0.2, 0.25) is 0 Å². The zero-order chi connectivity index (χ0) is 14.5. The second-order valence-corrected chi connectivity index (χ2v) is 6.67. The van der Waals surface area contributed by atoms with E-state index in [1.54, 1.807) is 11.8 Å². The van der Waals surface area contributed by atoms with Crippen LogP contribution in [0.4, 0.5) is 0 Å². The molecule has 5 heteroatoms. The van der Waals surface area contributed by atoms with Crippen molar-refractivity contribution in [3.63, 3.8) is 0 Å². The zero-order valence-electron chi connectivity index (χ0n) is 12.1. The topological polar surface area (TPSA) is 64.9 Å². The highest BCUT2D eigenvalue weighted by Crippen LogP contribution is 2.28. The fourth-order valence-electron chi connectivity index (χ4n) is 2.85. The molecular weight excluding hydrogens is 282 g/mol. The van der Waals surface area contributed by atoms with E-state index in [1.165, 1.54) is 30.6 Å². The number of hydrogen-bond donors (Lipinski definition) is 1. The van der Waals surface area contributed by atoms with Crippen molar-refractivity contribution >= 4 is 11.8 Å². The summed E-state index contributed by atoms with van der Waals surface area (Å²) >= 11 is 1.71. The summed E-state index contributed by atoms with van der Waals surface area (Å²) in [4.78, 5) is 5.67. The molecule has 1 aromatic carbocycles. The van der Waals surface area contributed by atoms with Gasteiger partial charge in [0.05, 0.1) is 5.75 Å². The van der Waals surface area contributed by atoms with Gasteiger partial charge in [-0.1, -0.05) is 36.2 Å². The summed E-state index contributed by atoms with van der Waals surface area (Å²) in [5.41, 5.74) is 6.25. The molecule has 1 heterocycles. The van der Waals surface area contributed by atoms with Gasteiger partial charge in [0.25, 0.3) is 0 Å². The molecule has 21 heavy (non-hydrogen) atoms. The Morgan fingerprint density at radius 3 is 2.76 bits per heavy atom. The second-order valence-electron chi connectivity index (χ2n) is 5.62. The van der Waals surface area contributed by atoms with Crippen LogP contribution in [0.15, 0.2) is 39.8 Å². The Morgan fingerprint density at radius 1 is 1.24 bits per heavy atom. The Kier molecular flexibility index (Phi) is 4.93. The van der Waals surface area contributed by atoms with Crippen molar-refractivity contribution in [2.24, 2.45) is 11.7 Å². The van der Waals surface area contributed by atoms with Gasteiger partial charge in [-0.2, -0.15) is 4.98 Å². The fraction of sp³-hybridized carbons (Fsp3) is 0.500. The SMILES string of the molecule is NC(Cc1nc(CSc2ccccc2)no1)C1CCCC1. The van der Waals surface area contributed by atoms with Crippen LogP contribution in [-0.4, -0.2) is 16.2 Å². The third kappa shape index (κ3) is 4.08. The first-order valence-corrected chi connectivity index (χ1v) is 8.55. The highest BCUT2D eigenvalue weighted by atomic mass is 32.2. The minimum absolute atomic E-state index is 0.155. The molecule has 112 valence electrons. The van der Waals surface area contributed by atoms with E-state index in [9.17, 15) is 0 Å². The Bertz CT molecular complexity index is 552. The Labute approximate surface area is 129 Å². The standard InChI is InChI=1S/C16H21N3OS/c17-14(12-6-4-5-7-12)10-16-18-15(19-20-16)11-21-13-8-2-1-3-9-13/h1-3,8-9,12,14H,4-7,10-11,17H2. The third-order valence-corrected chi connectivity index (χ3v) is 5.04. The van der Waals surface area contributed by atoms with Crippen LogP contribution in [0.3, 0.4) is 0 Å². The van der Waals surface area contributed by atoms with E-state index in [0.29, 0.717) is 18.2 Å². The molecular formula is C16H21N3OS. The first-order chi connectivity index (χ1) is 10.3. The summed E-state index contributed by atoms with van der Waals surface area (Å²) in [7, 11) is 0. The molecule has 0 saturated heterocycles. The third-order valence-electron chi connectivity index (χ3n) is 4.04. The number of thioether (sulfide) groups is 1. The van der Waals surface area contributed by atoms with E-state index in [1.807, 2.05) is 18.2 Å². The number of hydrogen-bond acceptors (Lipinski definition) is 5. The monoisotopic (exact) mass is 303 g/mol. The summed E-state index contributed by atoms with van der Waals surface area (Å²) < 4.78 is 5.33. The van der Waals surface area contributed by atoms with E-state index >= 15 is 0 Å². The summed E-state index contributed by atoms with van der Waals surface area (Å²) in [6.07, 6.45) is 5.80. The number of aromatic nitrogens is 2. The fourth-order valence-corrected chi connectivity index (χ4v) is 3.61. The van der Waals surface area contributed by atoms with Crippen LogP contribution < -0.4 is 5.73 Å². The molecule has 2 aromatic rings. The minimum atomic E-state index is 0.155. The molecule has 2 N–H and O–H groups in total. The van der Waals surface area contributed by atoms with E-state index in [4.69, 9.17) is 10.3 Å². The van der Waals surface area contributed by atoms with Crippen molar-refractivity contribution in [2.75, 3.05) is 0 Å². The molecule has 0 bridgehead atoms. The minimum Gasteiger partial charge on any atom is -0.339 e. The highest BCUT2D eigenvalue weighted by Gasteiger charge is 2.23. The van der Waals surface area contributed by atoms with E-state index in [2.05, 4.69) is 22.3 Å². The Morgan fingerprint density at radius 2 is 2.00 bits per heavy atom. The van der Waals surface area contributed by atoms with Crippen molar-refractivity contribution in [1.29, 1.82) is 0 Å². The van der Waals surface area contributed by atoms with Gasteiger partial charge >= 0.3 is 0 Å². The molecule has 1 fully saturated rings. The van der Waals surface area contributed by atoms with Crippen molar-refractivity contribution < 1.29 is 4.52 Å². The van der Waals surface area contributed by atoms with Crippen molar-refractivity contribution in [1.82, 2.24) is 10.1 Å². The molecule has 0 radical (unpaired) electrons. The maximum absolute atomic E-state index is 6.25. The summed E-state index contributed by atoms with van der Waals surface area (Å²) in [5.74, 6) is 2.78. The lowest BCUT2D eigenvalue weighted by atomic mass is 9.96. The van der Waals surface area contributed by atoms with Crippen LogP contribution >= 0.6 is 11.8 Å². The maximum atomic E-state index is 6.25. The lowest BCUT2D eigenvalue weighted by Crippen LogP contribution is -2.30. The van der Waals surface area contributed by atoms with Gasteiger partial charge in [-0.05, 0) is 30.9 Å². The van der Waals surface area contributed by atoms with Gasteiger partial charge in [0.2, 0.25) is 5.89 Å². The van der Waals surface area contributed by atoms with Gasteiger partial charge in [-0.3, -0.25) is 0 Å². The van der Waals surface area contributed by atoms with Gasteiger partial charge in [0.1, 0.15) is 0 Å². The van der Waals surface area contributed by atoms with Gasteiger partial charge in [-0.25, -0.2) is 0 Å². The average molecular weight is 303 g/mol. The van der Waals surface area contributed by atoms with Crippen molar-refractivity contribution in [3.05, 3.63) is 42.0 Å². The van der Waals surface area contributed by atoms with Crippen LogP contribution in [0.1, 0.15) is 37.4 Å². The summed E-state index contributed by atoms with van der Waals surface area (Å²) in [6, 6.07) is 10.4. The van der Waals surface area contributed by atoms with Crippen LogP contribution in [0.25, 0.3) is 0 Å². The Hall–Kier alpha value is -1.33. The zero-order valence-corrected chi connectivity index (χ0v) is 12.9. The summed E-state index contributed by atoms with van der Waals surface area (Å²) in [5, 5.41) is 4.05. The lowest BCUT2D eigenvalue weighted by Gasteiger charge is -2.16. The van der Waals surface area contributed by atoms with Gasteiger partial charge in [0, 0.05) is 17.4 Å². The van der Waals surface area contributed by atoms with Crippen LogP contribution in [0, 0.1) is 5.92 Å². The van der Waals surface area contributed by atoms with Gasteiger partial charge < -0.3 is 10.3 Å². The molecule has 0 aliphatic heterocycles. The van der Waals surface area contributed by atoms with Gasteiger partial charge in [0.15, 0.2) is 5.82 Å². The first-order valence-electron chi connectivity index (χ1n) is 7.56. The molecule has 1 unspecified atom stereocenters. The molecule has 4 nitrogen and oxygen atoms in total. The number of benzene rings is 1. The van der Waals surface area contributed by atoms with Crippen molar-refractivity contribution in [2.45, 2.75) is 48.8 Å². The van der Waals surface area contributed by atoms with E-state index < -0.39 is 0 Å². The molecule has 0 spiro atoms. The second kappa shape index (κ2) is 7.09. The molecule has 1 aromatic heterocycles. The maximum Gasteiger partial charge on any atom is 0.228 e. The Balaban J connectivity index is 1.51. The first kappa shape index (κ1) is 14.6. The molecule has 1 saturated carbocycles. The van der Waals surface area contributed by atoms with Crippen LogP contribution in [0.5, 0.6) is 0 Å². The number of nitrogens with two attached hydrogens (primary N) is 1. The van der Waals surface area contributed by atoms with Crippen molar-refractivity contribution in [3.8, 4) is 0 Å². The summed E-state index contributed by atoms with van der Waals surface area (Å²) in [6.45, 7) is 0. The van der Waals surface area contributed by atoms with E-state index in [-0.39, 0.29) is 6.04 Å². The van der Waals surface area contributed by atoms with Crippen LogP contribution in [-0.2, 0) is 12.2 Å². The predicted molar refractivity (Wildman–Crippen MR) is 83.9 cm³/mol. The average Bonchev–Trinajstić information content (AvgIpc) is 3.18. The van der Waals surface area contributed by atoms with E-state index in [0.717, 1.165) is 11.6 Å². The quantitative estimate of drug-likeness (QED) is 0.828. The molecule has 1 aliphatic carbocycles. The number of rotatable bonds is 6. The smallest absolute Gasteiger partial charge is 0.228 e. The molecule has 3 rings (SSSR count). The normalized spacial score (nSPS) is 17.2. The highest BCUT2D eigenvalue weighted by molar-refractivity contribution is 7.98. The molecule has 1 atom stereocenters. The largest absolute Gasteiger partial charge is 0.339 e. The molecule has 0 amide bonds. The predicted octanol–water partition coefficient (Wildman–Crippen LogP) is 3.42. The van der Waals surface area contributed by atoms with Gasteiger partial charge in [-0.15, -0.1) is 11.8 Å².